The molecule has 0 atom stereocenters. The SMILES string of the molecule is Cc1ccc(CN(C(=O)CSc2nc3ccccc3n2C(F)F)C2CC2)o1. The smallest absolute Gasteiger partial charge is 0.321 e. The van der Waals surface area contributed by atoms with Crippen LogP contribution < -0.4 is 0 Å². The van der Waals surface area contributed by atoms with Gasteiger partial charge in [0.2, 0.25) is 5.91 Å². The molecule has 142 valence electrons. The number of furan rings is 1. The third-order valence-electron chi connectivity index (χ3n) is 4.51. The number of alkyl halides is 2. The Hall–Kier alpha value is -2.35. The molecule has 0 radical (unpaired) electrons. The van der Waals surface area contributed by atoms with Gasteiger partial charge < -0.3 is 9.32 Å². The highest BCUT2D eigenvalue weighted by Crippen LogP contribution is 2.32. The fourth-order valence-corrected chi connectivity index (χ4v) is 3.97. The van der Waals surface area contributed by atoms with Crippen molar-refractivity contribution in [2.24, 2.45) is 0 Å². The van der Waals surface area contributed by atoms with Crippen molar-refractivity contribution in [3.8, 4) is 0 Å². The standard InChI is InChI=1S/C19H19F2N3O2S/c1-12-6-9-14(26-12)10-23(13-7-8-13)17(25)11-27-19-22-15-4-2-3-5-16(15)24(19)18(20)21/h2-6,9,13,18H,7-8,10-11H2,1H3. The zero-order chi connectivity index (χ0) is 19.0. The first-order chi connectivity index (χ1) is 13.0. The predicted octanol–water partition coefficient (Wildman–Crippen LogP) is 4.62. The molecule has 0 bridgehead atoms. The van der Waals surface area contributed by atoms with E-state index in [0.29, 0.717) is 17.6 Å². The number of halogens is 2. The van der Waals surface area contributed by atoms with Crippen molar-refractivity contribution in [1.82, 2.24) is 14.5 Å². The van der Waals surface area contributed by atoms with Crippen LogP contribution in [-0.4, -0.2) is 32.2 Å². The summed E-state index contributed by atoms with van der Waals surface area (Å²) in [5.41, 5.74) is 0.866. The summed E-state index contributed by atoms with van der Waals surface area (Å²) in [4.78, 5) is 18.8. The Balaban J connectivity index is 1.49. The zero-order valence-electron chi connectivity index (χ0n) is 14.8. The van der Waals surface area contributed by atoms with E-state index in [9.17, 15) is 13.6 Å². The molecule has 1 aliphatic carbocycles. The quantitative estimate of drug-likeness (QED) is 0.552. The number of para-hydroxylation sites is 2. The number of benzene rings is 1. The van der Waals surface area contributed by atoms with Crippen LogP contribution in [0.15, 0.2) is 46.0 Å². The molecule has 0 N–H and O–H groups in total. The van der Waals surface area contributed by atoms with Gasteiger partial charge in [-0.15, -0.1) is 0 Å². The number of rotatable bonds is 7. The van der Waals surface area contributed by atoms with E-state index in [1.807, 2.05) is 19.1 Å². The average Bonchev–Trinajstić information content (AvgIpc) is 3.28. The van der Waals surface area contributed by atoms with Gasteiger partial charge in [0, 0.05) is 6.04 Å². The summed E-state index contributed by atoms with van der Waals surface area (Å²) < 4.78 is 33.5. The van der Waals surface area contributed by atoms with E-state index in [4.69, 9.17) is 4.42 Å². The lowest BCUT2D eigenvalue weighted by atomic mass is 10.3. The molecule has 1 amide bonds. The lowest BCUT2D eigenvalue weighted by Gasteiger charge is -2.21. The maximum Gasteiger partial charge on any atom is 0.321 e. The van der Waals surface area contributed by atoms with Crippen molar-refractivity contribution in [1.29, 1.82) is 0 Å². The first kappa shape index (κ1) is 18.0. The molecule has 4 rings (SSSR count). The molecule has 1 saturated carbocycles. The van der Waals surface area contributed by atoms with Crippen molar-refractivity contribution < 1.29 is 18.0 Å². The molecule has 2 aromatic heterocycles. The van der Waals surface area contributed by atoms with E-state index < -0.39 is 6.55 Å². The van der Waals surface area contributed by atoms with E-state index >= 15 is 0 Å². The molecule has 1 aliphatic rings. The first-order valence-corrected chi connectivity index (χ1v) is 9.74. The van der Waals surface area contributed by atoms with Crippen LogP contribution in [-0.2, 0) is 11.3 Å². The largest absolute Gasteiger partial charge is 0.464 e. The van der Waals surface area contributed by atoms with Crippen LogP contribution in [0.5, 0.6) is 0 Å². The van der Waals surface area contributed by atoms with Crippen molar-refractivity contribution in [2.75, 3.05) is 5.75 Å². The highest BCUT2D eigenvalue weighted by molar-refractivity contribution is 7.99. The summed E-state index contributed by atoms with van der Waals surface area (Å²) in [5, 5.41) is 0.157. The summed E-state index contributed by atoms with van der Waals surface area (Å²) in [7, 11) is 0. The fraction of sp³-hybridized carbons (Fsp3) is 0.368. The van der Waals surface area contributed by atoms with Gasteiger partial charge in [0.25, 0.3) is 0 Å². The Bertz CT molecular complexity index is 965. The molecule has 3 aromatic rings. The molecule has 1 aromatic carbocycles. The molecule has 5 nitrogen and oxygen atoms in total. The summed E-state index contributed by atoms with van der Waals surface area (Å²) in [6.07, 6.45) is 1.93. The van der Waals surface area contributed by atoms with Gasteiger partial charge in [-0.3, -0.25) is 9.36 Å². The Morgan fingerprint density at radius 2 is 2.11 bits per heavy atom. The fourth-order valence-electron chi connectivity index (χ4n) is 3.07. The second kappa shape index (κ2) is 7.34. The molecule has 8 heteroatoms. The van der Waals surface area contributed by atoms with Gasteiger partial charge in [0.05, 0.1) is 23.3 Å². The van der Waals surface area contributed by atoms with Crippen LogP contribution in [0.3, 0.4) is 0 Å². The monoisotopic (exact) mass is 391 g/mol. The van der Waals surface area contributed by atoms with Crippen LogP contribution in [0.25, 0.3) is 11.0 Å². The van der Waals surface area contributed by atoms with Crippen LogP contribution in [0.2, 0.25) is 0 Å². The number of hydrogen-bond donors (Lipinski definition) is 0. The molecular formula is C19H19F2N3O2S. The van der Waals surface area contributed by atoms with E-state index in [0.717, 1.165) is 40.7 Å². The Morgan fingerprint density at radius 1 is 1.33 bits per heavy atom. The van der Waals surface area contributed by atoms with Crippen molar-refractivity contribution in [3.05, 3.63) is 47.9 Å². The maximum absolute atomic E-state index is 13.5. The van der Waals surface area contributed by atoms with Gasteiger partial charge in [0.15, 0.2) is 5.16 Å². The minimum Gasteiger partial charge on any atom is -0.464 e. The number of aryl methyl sites for hydroxylation is 1. The summed E-state index contributed by atoms with van der Waals surface area (Å²) >= 11 is 1.05. The Labute approximate surface area is 159 Å². The third kappa shape index (κ3) is 3.85. The summed E-state index contributed by atoms with van der Waals surface area (Å²) in [5.74, 6) is 1.50. The van der Waals surface area contributed by atoms with Gasteiger partial charge in [-0.1, -0.05) is 23.9 Å². The highest BCUT2D eigenvalue weighted by Gasteiger charge is 2.33. The number of carbonyl (C=O) groups is 1. The minimum absolute atomic E-state index is 0.0617. The summed E-state index contributed by atoms with van der Waals surface area (Å²) in [6.45, 7) is -0.443. The number of nitrogens with zero attached hydrogens (tertiary/aromatic N) is 3. The van der Waals surface area contributed by atoms with Gasteiger partial charge in [0.1, 0.15) is 11.5 Å². The number of fused-ring (bicyclic) bond motifs is 1. The van der Waals surface area contributed by atoms with Crippen LogP contribution in [0.4, 0.5) is 8.78 Å². The lowest BCUT2D eigenvalue weighted by molar-refractivity contribution is -0.129. The van der Waals surface area contributed by atoms with Gasteiger partial charge in [-0.25, -0.2) is 4.98 Å². The van der Waals surface area contributed by atoms with E-state index in [1.54, 1.807) is 29.2 Å². The van der Waals surface area contributed by atoms with Gasteiger partial charge in [-0.2, -0.15) is 8.78 Å². The molecule has 27 heavy (non-hydrogen) atoms. The number of thioether (sulfide) groups is 1. The van der Waals surface area contributed by atoms with Crippen molar-refractivity contribution >= 4 is 28.7 Å². The van der Waals surface area contributed by atoms with Crippen molar-refractivity contribution in [3.63, 3.8) is 0 Å². The molecule has 1 fully saturated rings. The number of aromatic nitrogens is 2. The number of imidazole rings is 1. The molecule has 2 heterocycles. The molecule has 0 spiro atoms. The Kier molecular flexibility index (Phi) is 4.90. The van der Waals surface area contributed by atoms with E-state index in [-0.39, 0.29) is 22.9 Å². The van der Waals surface area contributed by atoms with E-state index in [1.165, 1.54) is 0 Å². The maximum atomic E-state index is 13.5. The molecule has 0 saturated heterocycles. The predicted molar refractivity (Wildman–Crippen MR) is 98.7 cm³/mol. The van der Waals surface area contributed by atoms with Crippen molar-refractivity contribution in [2.45, 2.75) is 44.1 Å². The second-order valence-electron chi connectivity index (χ2n) is 6.58. The number of hydrogen-bond acceptors (Lipinski definition) is 4. The first-order valence-electron chi connectivity index (χ1n) is 8.75. The highest BCUT2D eigenvalue weighted by atomic mass is 32.2. The van der Waals surface area contributed by atoms with Crippen LogP contribution in [0, 0.1) is 6.92 Å². The molecule has 0 unspecified atom stereocenters. The average molecular weight is 391 g/mol. The molecular weight excluding hydrogens is 372 g/mol. The normalized spacial score (nSPS) is 14.2. The topological polar surface area (TPSA) is 51.3 Å². The third-order valence-corrected chi connectivity index (χ3v) is 5.45. The summed E-state index contributed by atoms with van der Waals surface area (Å²) in [6, 6.07) is 10.7. The van der Waals surface area contributed by atoms with Gasteiger partial charge in [-0.05, 0) is 44.0 Å². The lowest BCUT2D eigenvalue weighted by Crippen LogP contribution is -2.33. The van der Waals surface area contributed by atoms with E-state index in [2.05, 4.69) is 4.98 Å². The Morgan fingerprint density at radius 3 is 2.78 bits per heavy atom. The number of carbonyl (C=O) groups excluding carboxylic acids is 1. The minimum atomic E-state index is -2.71. The van der Waals surface area contributed by atoms with Gasteiger partial charge >= 0.3 is 6.55 Å². The zero-order valence-corrected chi connectivity index (χ0v) is 15.6. The van der Waals surface area contributed by atoms with Crippen LogP contribution >= 0.6 is 11.8 Å². The van der Waals surface area contributed by atoms with Crippen LogP contribution in [0.1, 0.15) is 30.9 Å². The second-order valence-corrected chi connectivity index (χ2v) is 7.53. The molecule has 0 aliphatic heterocycles. The number of amides is 1.